The smallest absolute Gasteiger partial charge is 0.286 e. The van der Waals surface area contributed by atoms with Gasteiger partial charge in [-0.1, -0.05) is 47.5 Å². The molecule has 1 aromatic heterocycles. The van der Waals surface area contributed by atoms with E-state index >= 15 is 0 Å². The molecule has 2 aliphatic heterocycles. The van der Waals surface area contributed by atoms with Crippen LogP contribution in [0.2, 0.25) is 10.0 Å². The van der Waals surface area contributed by atoms with E-state index in [9.17, 15) is 9.18 Å². The van der Waals surface area contributed by atoms with Crippen LogP contribution in [0.4, 0.5) is 4.39 Å². The van der Waals surface area contributed by atoms with E-state index in [1.54, 1.807) is 35.0 Å². The number of carbonyl (C=O) groups excluding carboxylic acids is 1. The number of benzene rings is 2. The molecule has 0 radical (unpaired) electrons. The van der Waals surface area contributed by atoms with Crippen molar-refractivity contribution in [3.8, 4) is 5.69 Å². The lowest BCUT2D eigenvalue weighted by molar-refractivity contribution is 0.0778. The van der Waals surface area contributed by atoms with Crippen molar-refractivity contribution in [1.29, 1.82) is 0 Å². The first kappa shape index (κ1) is 23.7. The number of hydrogen-bond acceptors (Lipinski definition) is 4. The van der Waals surface area contributed by atoms with Crippen LogP contribution in [0.5, 0.6) is 0 Å². The van der Waals surface area contributed by atoms with Gasteiger partial charge in [-0.05, 0) is 60.6 Å². The molecule has 3 atom stereocenters. The Morgan fingerprint density at radius 1 is 1.17 bits per heavy atom. The summed E-state index contributed by atoms with van der Waals surface area (Å²) in [5.74, 6) is 0.389. The van der Waals surface area contributed by atoms with Gasteiger partial charge in [0, 0.05) is 29.6 Å². The summed E-state index contributed by atoms with van der Waals surface area (Å²) in [5.41, 5.74) is 6.63. The number of nitrogens with zero attached hydrogens (tertiary/aromatic N) is 3. The monoisotopic (exact) mass is 526 g/mol. The van der Waals surface area contributed by atoms with Gasteiger partial charge >= 0.3 is 0 Å². The third-order valence-corrected chi connectivity index (χ3v) is 7.83. The first-order valence-electron chi connectivity index (χ1n) is 12.1. The summed E-state index contributed by atoms with van der Waals surface area (Å²) < 4.78 is 21.2. The molecule has 2 aromatic carbocycles. The topological polar surface area (TPSA) is 59.4 Å². The van der Waals surface area contributed by atoms with Gasteiger partial charge in [-0.3, -0.25) is 10.2 Å². The minimum absolute atomic E-state index is 0.101. The van der Waals surface area contributed by atoms with Gasteiger partial charge in [0.1, 0.15) is 5.82 Å². The normalized spacial score (nSPS) is 23.0. The molecule has 9 heteroatoms. The number of carbonyl (C=O) groups is 1. The van der Waals surface area contributed by atoms with Gasteiger partial charge in [-0.15, -0.1) is 0 Å². The first-order valence-corrected chi connectivity index (χ1v) is 12.8. The Bertz CT molecular complexity index is 1340. The van der Waals surface area contributed by atoms with Gasteiger partial charge in [0.05, 0.1) is 29.6 Å². The van der Waals surface area contributed by atoms with Gasteiger partial charge in [0.2, 0.25) is 0 Å². The number of allylic oxidation sites excluding steroid dienone is 1. The van der Waals surface area contributed by atoms with E-state index in [0.29, 0.717) is 46.3 Å². The molecule has 6 rings (SSSR count). The number of aromatic nitrogens is 2. The Morgan fingerprint density at radius 2 is 2.00 bits per heavy atom. The van der Waals surface area contributed by atoms with Crippen molar-refractivity contribution in [2.75, 3.05) is 19.7 Å². The van der Waals surface area contributed by atoms with Crippen molar-refractivity contribution in [3.05, 3.63) is 93.0 Å². The lowest BCUT2D eigenvalue weighted by Gasteiger charge is -2.25. The Labute approximate surface area is 218 Å². The molecule has 6 nitrogen and oxygen atoms in total. The van der Waals surface area contributed by atoms with E-state index in [-0.39, 0.29) is 24.2 Å². The Kier molecular flexibility index (Phi) is 6.33. The number of rotatable bonds is 5. The van der Waals surface area contributed by atoms with Crippen LogP contribution >= 0.6 is 23.2 Å². The van der Waals surface area contributed by atoms with Crippen molar-refractivity contribution in [1.82, 2.24) is 20.2 Å². The second-order valence-corrected chi connectivity index (χ2v) is 10.5. The van der Waals surface area contributed by atoms with Crippen LogP contribution in [-0.4, -0.2) is 40.4 Å². The molecule has 1 N–H and O–H groups in total. The fraction of sp³-hybridized carbons (Fsp3) is 0.333. The van der Waals surface area contributed by atoms with Crippen LogP contribution in [0.15, 0.2) is 54.6 Å². The molecule has 3 aromatic rings. The van der Waals surface area contributed by atoms with E-state index in [0.717, 1.165) is 36.3 Å². The number of fused-ring (bicyclic) bond motifs is 2. The van der Waals surface area contributed by atoms with Gasteiger partial charge < -0.3 is 4.74 Å². The number of halogens is 3. The lowest BCUT2D eigenvalue weighted by atomic mass is 9.91. The maximum absolute atomic E-state index is 13.5. The van der Waals surface area contributed by atoms with Crippen molar-refractivity contribution in [3.63, 3.8) is 0 Å². The number of nitrogens with one attached hydrogen (secondary N) is 1. The van der Waals surface area contributed by atoms with E-state index in [1.165, 1.54) is 12.1 Å². The summed E-state index contributed by atoms with van der Waals surface area (Å²) >= 11 is 12.7. The second-order valence-electron chi connectivity index (χ2n) is 9.70. The molecule has 3 unspecified atom stereocenters. The first-order chi connectivity index (χ1) is 17.5. The molecule has 0 saturated carbocycles. The van der Waals surface area contributed by atoms with Crippen LogP contribution in [0.3, 0.4) is 0 Å². The minimum atomic E-state index is -0.280. The van der Waals surface area contributed by atoms with E-state index in [2.05, 4.69) is 17.6 Å². The summed E-state index contributed by atoms with van der Waals surface area (Å²) in [6.45, 7) is 2.34. The number of hydrazine groups is 1. The van der Waals surface area contributed by atoms with E-state index in [1.807, 2.05) is 5.01 Å². The highest BCUT2D eigenvalue weighted by molar-refractivity contribution is 6.35. The highest BCUT2D eigenvalue weighted by Gasteiger charge is 2.36. The zero-order valence-electron chi connectivity index (χ0n) is 19.5. The quantitative estimate of drug-likeness (QED) is 0.456. The zero-order valence-corrected chi connectivity index (χ0v) is 21.0. The summed E-state index contributed by atoms with van der Waals surface area (Å²) in [6, 6.07) is 11.7. The fourth-order valence-corrected chi connectivity index (χ4v) is 6.06. The molecule has 1 aliphatic carbocycles. The summed E-state index contributed by atoms with van der Waals surface area (Å²) in [6.07, 6.45) is 6.12. The van der Waals surface area contributed by atoms with E-state index < -0.39 is 0 Å². The Balaban J connectivity index is 1.37. The molecule has 0 spiro atoms. The maximum Gasteiger partial charge on any atom is 0.286 e. The lowest BCUT2D eigenvalue weighted by Crippen LogP contribution is -2.41. The van der Waals surface area contributed by atoms with Crippen molar-refractivity contribution >= 4 is 29.1 Å². The molecule has 1 saturated heterocycles. The van der Waals surface area contributed by atoms with E-state index in [4.69, 9.17) is 33.0 Å². The average Bonchev–Trinajstić information content (AvgIpc) is 3.55. The number of ether oxygens (including phenoxy) is 1. The number of hydrogen-bond donors (Lipinski definition) is 1. The van der Waals surface area contributed by atoms with Crippen LogP contribution in [0.1, 0.15) is 39.6 Å². The third kappa shape index (κ3) is 4.45. The average molecular weight is 527 g/mol. The standard InChI is InChI=1S/C27H25Cl2FN4O2/c28-20-6-9-24(23(29)11-20)34-26-19(10-16-4-7-21(30)8-5-16)14-36-15-22(26)25(31-34)27(35)32-33-12-17-2-1-3-18(17)13-33/h1-2,4-9,11,17-19H,3,10,12-15H2,(H,32,35). The largest absolute Gasteiger partial charge is 0.376 e. The molecule has 0 bridgehead atoms. The summed E-state index contributed by atoms with van der Waals surface area (Å²) in [7, 11) is 0. The second kappa shape index (κ2) is 9.63. The maximum atomic E-state index is 13.5. The van der Waals surface area contributed by atoms with Gasteiger partial charge in [-0.25, -0.2) is 14.1 Å². The zero-order chi connectivity index (χ0) is 24.8. The third-order valence-electron chi connectivity index (χ3n) is 7.30. The molecule has 186 valence electrons. The van der Waals surface area contributed by atoms with Gasteiger partial charge in [-0.2, -0.15) is 5.10 Å². The van der Waals surface area contributed by atoms with Crippen LogP contribution in [-0.2, 0) is 17.8 Å². The predicted octanol–water partition coefficient (Wildman–Crippen LogP) is 5.33. The van der Waals surface area contributed by atoms with Crippen molar-refractivity contribution < 1.29 is 13.9 Å². The van der Waals surface area contributed by atoms with Gasteiger partial charge in [0.15, 0.2) is 5.69 Å². The van der Waals surface area contributed by atoms with Crippen molar-refractivity contribution in [2.45, 2.75) is 25.4 Å². The summed E-state index contributed by atoms with van der Waals surface area (Å²) in [5, 5.41) is 7.71. The predicted molar refractivity (Wildman–Crippen MR) is 136 cm³/mol. The molecule has 1 amide bonds. The van der Waals surface area contributed by atoms with Gasteiger partial charge in [0.25, 0.3) is 5.91 Å². The molecular formula is C27H25Cl2FN4O2. The molecular weight excluding hydrogens is 502 g/mol. The highest BCUT2D eigenvalue weighted by atomic mass is 35.5. The molecule has 3 aliphatic rings. The van der Waals surface area contributed by atoms with Crippen molar-refractivity contribution in [2.24, 2.45) is 11.8 Å². The fourth-order valence-electron chi connectivity index (χ4n) is 5.57. The molecule has 1 fully saturated rings. The summed E-state index contributed by atoms with van der Waals surface area (Å²) in [4.78, 5) is 13.5. The Hall–Kier alpha value is -2.71. The highest BCUT2D eigenvalue weighted by Crippen LogP contribution is 2.36. The Morgan fingerprint density at radius 3 is 2.78 bits per heavy atom. The molecule has 36 heavy (non-hydrogen) atoms. The number of amides is 1. The van der Waals surface area contributed by atoms with Crippen LogP contribution < -0.4 is 5.43 Å². The van der Waals surface area contributed by atoms with Crippen LogP contribution in [0.25, 0.3) is 5.69 Å². The van der Waals surface area contributed by atoms with Crippen LogP contribution in [0, 0.1) is 17.7 Å². The molecule has 3 heterocycles. The minimum Gasteiger partial charge on any atom is -0.376 e. The SMILES string of the molecule is O=C(NN1CC2C=CCC2C1)c1nn(-c2ccc(Cl)cc2Cl)c2c1COCC2Cc1ccc(F)cc1.